The van der Waals surface area contributed by atoms with Crippen LogP contribution >= 0.6 is 15.9 Å². The molecule has 3 rings (SSSR count). The highest BCUT2D eigenvalue weighted by Crippen LogP contribution is 2.25. The second-order valence-electron chi connectivity index (χ2n) is 5.34. The molecule has 0 bridgehead atoms. The van der Waals surface area contributed by atoms with Gasteiger partial charge in [0.2, 0.25) is 0 Å². The third kappa shape index (κ3) is 3.01. The Balaban J connectivity index is 2.01. The van der Waals surface area contributed by atoms with E-state index in [4.69, 9.17) is 0 Å². The van der Waals surface area contributed by atoms with Crippen molar-refractivity contribution >= 4 is 27.5 Å². The zero-order valence-corrected chi connectivity index (χ0v) is 13.4. The van der Waals surface area contributed by atoms with Gasteiger partial charge in [0.25, 0.3) is 5.91 Å². The van der Waals surface area contributed by atoms with Crippen molar-refractivity contribution in [3.63, 3.8) is 0 Å². The average molecular weight is 345 g/mol. The summed E-state index contributed by atoms with van der Waals surface area (Å²) in [5.74, 6) is 0.0410. The molecule has 0 spiro atoms. The second kappa shape index (κ2) is 6.00. The van der Waals surface area contributed by atoms with E-state index in [9.17, 15) is 4.79 Å². The van der Waals surface area contributed by atoms with E-state index < -0.39 is 0 Å². The van der Waals surface area contributed by atoms with Gasteiger partial charge in [-0.1, -0.05) is 40.2 Å². The highest BCUT2D eigenvalue weighted by Gasteiger charge is 2.24. The number of carbonyl (C=O) groups is 1. The molecular formula is C17H17BrN2O. The lowest BCUT2D eigenvalue weighted by molar-refractivity contribution is 0.0985. The maximum absolute atomic E-state index is 12.9. The summed E-state index contributed by atoms with van der Waals surface area (Å²) >= 11 is 3.43. The number of nitrogens with zero attached hydrogens (tertiary/aromatic N) is 1. The molecule has 2 aromatic carbocycles. The Kier molecular flexibility index (Phi) is 4.08. The fraction of sp³-hybridized carbons (Fsp3) is 0.235. The lowest BCUT2D eigenvalue weighted by Gasteiger charge is -2.24. The molecule has 1 heterocycles. The van der Waals surface area contributed by atoms with Crippen molar-refractivity contribution in [3.05, 3.63) is 64.1 Å². The number of hydrogen-bond donors (Lipinski definition) is 1. The van der Waals surface area contributed by atoms with E-state index in [1.165, 1.54) is 0 Å². The van der Waals surface area contributed by atoms with E-state index in [2.05, 4.69) is 34.2 Å². The predicted octanol–water partition coefficient (Wildman–Crippen LogP) is 3.59. The fourth-order valence-electron chi connectivity index (χ4n) is 2.61. The average Bonchev–Trinajstić information content (AvgIpc) is 2.66. The first-order chi connectivity index (χ1) is 10.1. The summed E-state index contributed by atoms with van der Waals surface area (Å²) in [5.41, 5.74) is 2.86. The van der Waals surface area contributed by atoms with Crippen molar-refractivity contribution in [2.24, 2.45) is 0 Å². The van der Waals surface area contributed by atoms with E-state index in [1.807, 2.05) is 47.4 Å². The van der Waals surface area contributed by atoms with Crippen LogP contribution in [0.25, 0.3) is 0 Å². The lowest BCUT2D eigenvalue weighted by atomic mass is 10.1. The molecule has 4 heteroatoms. The number of halogens is 1. The summed E-state index contributed by atoms with van der Waals surface area (Å²) in [7, 11) is 0. The maximum atomic E-state index is 12.9. The number of para-hydroxylation sites is 1. The first kappa shape index (κ1) is 14.3. The van der Waals surface area contributed by atoms with E-state index in [1.54, 1.807) is 0 Å². The van der Waals surface area contributed by atoms with Crippen molar-refractivity contribution in [1.29, 1.82) is 0 Å². The van der Waals surface area contributed by atoms with Gasteiger partial charge in [0.1, 0.15) is 0 Å². The summed E-state index contributed by atoms with van der Waals surface area (Å²) in [6.45, 7) is 3.56. The number of anilines is 1. The van der Waals surface area contributed by atoms with E-state index in [-0.39, 0.29) is 11.9 Å². The summed E-state index contributed by atoms with van der Waals surface area (Å²) in [5, 5.41) is 3.45. The van der Waals surface area contributed by atoms with Gasteiger partial charge in [0, 0.05) is 34.9 Å². The molecule has 3 nitrogen and oxygen atoms in total. The standard InChI is InChI=1S/C17H17BrN2O/c1-12-11-20(16-8-3-2-5-14(16)10-19-12)17(21)13-6-4-7-15(18)9-13/h2-9,12,19H,10-11H2,1H3. The molecule has 0 saturated heterocycles. The molecule has 0 saturated carbocycles. The molecule has 1 amide bonds. The molecule has 0 fully saturated rings. The molecule has 1 N–H and O–H groups in total. The van der Waals surface area contributed by atoms with Gasteiger partial charge in [0.05, 0.1) is 0 Å². The highest BCUT2D eigenvalue weighted by molar-refractivity contribution is 9.10. The molecule has 108 valence electrons. The van der Waals surface area contributed by atoms with Crippen molar-refractivity contribution < 1.29 is 4.79 Å². The van der Waals surface area contributed by atoms with Gasteiger partial charge in [-0.2, -0.15) is 0 Å². The van der Waals surface area contributed by atoms with E-state index >= 15 is 0 Å². The third-order valence-corrected chi connectivity index (χ3v) is 4.19. The molecule has 0 aromatic heterocycles. The van der Waals surface area contributed by atoms with Crippen LogP contribution in [0.5, 0.6) is 0 Å². The molecular weight excluding hydrogens is 328 g/mol. The van der Waals surface area contributed by atoms with Gasteiger partial charge < -0.3 is 10.2 Å². The summed E-state index contributed by atoms with van der Waals surface area (Å²) in [6.07, 6.45) is 0. The minimum Gasteiger partial charge on any atom is -0.308 e. The number of nitrogens with one attached hydrogen (secondary N) is 1. The van der Waals surface area contributed by atoms with Crippen LogP contribution in [0.3, 0.4) is 0 Å². The summed E-state index contributed by atoms with van der Waals surface area (Å²) < 4.78 is 0.919. The van der Waals surface area contributed by atoms with E-state index in [0.29, 0.717) is 12.1 Å². The van der Waals surface area contributed by atoms with Gasteiger partial charge >= 0.3 is 0 Å². The smallest absolute Gasteiger partial charge is 0.258 e. The van der Waals surface area contributed by atoms with Crippen LogP contribution in [0.2, 0.25) is 0 Å². The summed E-state index contributed by atoms with van der Waals surface area (Å²) in [6, 6.07) is 15.9. The number of carbonyl (C=O) groups excluding carboxylic acids is 1. The van der Waals surface area contributed by atoms with Crippen LogP contribution in [0.1, 0.15) is 22.8 Å². The van der Waals surface area contributed by atoms with Crippen LogP contribution in [0.15, 0.2) is 53.0 Å². The monoisotopic (exact) mass is 344 g/mol. The molecule has 21 heavy (non-hydrogen) atoms. The number of hydrogen-bond acceptors (Lipinski definition) is 2. The second-order valence-corrected chi connectivity index (χ2v) is 6.25. The van der Waals surface area contributed by atoms with Gasteiger partial charge in [-0.3, -0.25) is 4.79 Å². The Morgan fingerprint density at radius 1 is 1.24 bits per heavy atom. The number of amides is 1. The van der Waals surface area contributed by atoms with Gasteiger partial charge in [-0.15, -0.1) is 0 Å². The van der Waals surface area contributed by atoms with Gasteiger partial charge in [-0.05, 0) is 36.8 Å². The maximum Gasteiger partial charge on any atom is 0.258 e. The van der Waals surface area contributed by atoms with Crippen molar-refractivity contribution in [2.75, 3.05) is 11.4 Å². The van der Waals surface area contributed by atoms with Crippen molar-refractivity contribution in [2.45, 2.75) is 19.5 Å². The molecule has 0 radical (unpaired) electrons. The Labute approximate surface area is 133 Å². The Hall–Kier alpha value is -1.65. The van der Waals surface area contributed by atoms with Crippen LogP contribution in [-0.4, -0.2) is 18.5 Å². The topological polar surface area (TPSA) is 32.3 Å². The Bertz CT molecular complexity index is 671. The molecule has 2 aromatic rings. The molecule has 0 aliphatic carbocycles. The Morgan fingerprint density at radius 3 is 2.86 bits per heavy atom. The zero-order valence-electron chi connectivity index (χ0n) is 11.8. The highest BCUT2D eigenvalue weighted by atomic mass is 79.9. The largest absolute Gasteiger partial charge is 0.308 e. The van der Waals surface area contributed by atoms with Crippen LogP contribution in [0, 0.1) is 0 Å². The van der Waals surface area contributed by atoms with Gasteiger partial charge in [-0.25, -0.2) is 0 Å². The van der Waals surface area contributed by atoms with Crippen LogP contribution in [-0.2, 0) is 6.54 Å². The minimum absolute atomic E-state index is 0.0410. The number of rotatable bonds is 1. The van der Waals surface area contributed by atoms with Crippen molar-refractivity contribution in [3.8, 4) is 0 Å². The van der Waals surface area contributed by atoms with Crippen LogP contribution in [0.4, 0.5) is 5.69 Å². The first-order valence-corrected chi connectivity index (χ1v) is 7.83. The Morgan fingerprint density at radius 2 is 2.05 bits per heavy atom. The van der Waals surface area contributed by atoms with E-state index in [0.717, 1.165) is 22.3 Å². The number of fused-ring (bicyclic) bond motifs is 1. The first-order valence-electron chi connectivity index (χ1n) is 7.04. The SMILES string of the molecule is CC1CN(C(=O)c2cccc(Br)c2)c2ccccc2CN1. The molecule has 1 unspecified atom stereocenters. The normalized spacial score (nSPS) is 18.0. The summed E-state index contributed by atoms with van der Waals surface area (Å²) in [4.78, 5) is 14.8. The van der Waals surface area contributed by atoms with Crippen LogP contribution < -0.4 is 10.2 Å². The quantitative estimate of drug-likeness (QED) is 0.857. The zero-order chi connectivity index (χ0) is 14.8. The predicted molar refractivity (Wildman–Crippen MR) is 88.6 cm³/mol. The number of benzene rings is 2. The lowest BCUT2D eigenvalue weighted by Crippen LogP contribution is -2.39. The van der Waals surface area contributed by atoms with Gasteiger partial charge in [0.15, 0.2) is 0 Å². The molecule has 1 atom stereocenters. The molecule has 1 aliphatic rings. The minimum atomic E-state index is 0.0410. The third-order valence-electron chi connectivity index (χ3n) is 3.70. The molecule has 1 aliphatic heterocycles. The van der Waals surface area contributed by atoms with Crippen molar-refractivity contribution in [1.82, 2.24) is 5.32 Å². The fourth-order valence-corrected chi connectivity index (χ4v) is 3.01.